The summed E-state index contributed by atoms with van der Waals surface area (Å²) in [6, 6.07) is 4.00. The van der Waals surface area contributed by atoms with Crippen molar-refractivity contribution >= 4 is 11.7 Å². The van der Waals surface area contributed by atoms with E-state index in [1.807, 2.05) is 39.8 Å². The molecular weight excluding hydrogens is 238 g/mol. The summed E-state index contributed by atoms with van der Waals surface area (Å²) in [5.41, 5.74) is 3.84. The summed E-state index contributed by atoms with van der Waals surface area (Å²) in [6.45, 7) is 8.02. The number of carbonyl (C=O) groups is 2. The van der Waals surface area contributed by atoms with Gasteiger partial charge >= 0.3 is 0 Å². The number of aryl methyl sites for hydroxylation is 3. The normalized spacial score (nSPS) is 10.3. The molecule has 0 atom stereocenters. The third kappa shape index (κ3) is 4.51. The van der Waals surface area contributed by atoms with E-state index in [4.69, 9.17) is 0 Å². The topological polar surface area (TPSA) is 46.2 Å². The maximum absolute atomic E-state index is 12.2. The molecule has 0 aliphatic carbocycles. The van der Waals surface area contributed by atoms with Crippen LogP contribution in [0.1, 0.15) is 53.2 Å². The molecule has 0 radical (unpaired) electrons. The van der Waals surface area contributed by atoms with Gasteiger partial charge in [0.25, 0.3) is 0 Å². The number of hydrogen-bond acceptors (Lipinski definition) is 2. The fourth-order valence-electron chi connectivity index (χ4n) is 2.31. The van der Waals surface area contributed by atoms with Gasteiger partial charge in [0, 0.05) is 12.0 Å². The second-order valence-electron chi connectivity index (χ2n) is 5.08. The van der Waals surface area contributed by atoms with Crippen molar-refractivity contribution in [1.82, 2.24) is 5.32 Å². The molecule has 1 aromatic rings. The van der Waals surface area contributed by atoms with E-state index in [0.29, 0.717) is 6.42 Å². The van der Waals surface area contributed by atoms with Crippen LogP contribution >= 0.6 is 0 Å². The number of Topliss-reactive ketones (excluding diaryl/α,β-unsaturated/α-hetero) is 1. The molecule has 1 rings (SSSR count). The number of nitrogens with one attached hydrogen (secondary N) is 1. The summed E-state index contributed by atoms with van der Waals surface area (Å²) in [7, 11) is 0. The number of carbonyl (C=O) groups excluding carboxylic acids is 2. The smallest absolute Gasteiger partial charge is 0.220 e. The van der Waals surface area contributed by atoms with Crippen molar-refractivity contribution in [3.05, 3.63) is 34.4 Å². The van der Waals surface area contributed by atoms with Crippen molar-refractivity contribution in [2.75, 3.05) is 6.54 Å². The summed E-state index contributed by atoms with van der Waals surface area (Å²) in [5, 5.41) is 2.70. The molecule has 0 unspecified atom stereocenters. The molecule has 3 nitrogen and oxygen atoms in total. The zero-order chi connectivity index (χ0) is 14.4. The number of amides is 1. The highest BCUT2D eigenvalue weighted by molar-refractivity contribution is 6.01. The lowest BCUT2D eigenvalue weighted by atomic mass is 9.96. The Bertz CT molecular complexity index is 455. The minimum absolute atomic E-state index is 0.0140. The highest BCUT2D eigenvalue weighted by Crippen LogP contribution is 2.16. The molecule has 1 amide bonds. The minimum Gasteiger partial charge on any atom is -0.349 e. The van der Waals surface area contributed by atoms with Gasteiger partial charge < -0.3 is 5.32 Å². The summed E-state index contributed by atoms with van der Waals surface area (Å²) >= 11 is 0. The Morgan fingerprint density at radius 3 is 2.21 bits per heavy atom. The predicted molar refractivity (Wildman–Crippen MR) is 77.5 cm³/mol. The SMILES string of the molecule is CCCCC(=O)NCC(=O)c1c(C)cc(C)cc1C. The van der Waals surface area contributed by atoms with Gasteiger partial charge in [-0.05, 0) is 38.3 Å². The van der Waals surface area contributed by atoms with Crippen molar-refractivity contribution in [1.29, 1.82) is 0 Å². The molecule has 1 aromatic carbocycles. The zero-order valence-electron chi connectivity index (χ0n) is 12.3. The second-order valence-corrected chi connectivity index (χ2v) is 5.08. The number of benzene rings is 1. The first-order chi connectivity index (χ1) is 8.95. The van der Waals surface area contributed by atoms with Crippen molar-refractivity contribution < 1.29 is 9.59 Å². The van der Waals surface area contributed by atoms with Crippen LogP contribution in [-0.4, -0.2) is 18.2 Å². The highest BCUT2D eigenvalue weighted by Gasteiger charge is 2.13. The van der Waals surface area contributed by atoms with Crippen LogP contribution in [0.3, 0.4) is 0 Å². The van der Waals surface area contributed by atoms with Crippen molar-refractivity contribution in [2.24, 2.45) is 0 Å². The van der Waals surface area contributed by atoms with Crippen molar-refractivity contribution in [3.63, 3.8) is 0 Å². The molecule has 0 bridgehead atoms. The monoisotopic (exact) mass is 261 g/mol. The quantitative estimate of drug-likeness (QED) is 0.800. The number of ketones is 1. The molecule has 1 N–H and O–H groups in total. The van der Waals surface area contributed by atoms with E-state index in [0.717, 1.165) is 35.1 Å². The number of hydrogen-bond donors (Lipinski definition) is 1. The molecule has 0 saturated heterocycles. The summed E-state index contributed by atoms with van der Waals surface area (Å²) in [6.07, 6.45) is 2.34. The van der Waals surface area contributed by atoms with Gasteiger partial charge in [-0.1, -0.05) is 31.0 Å². The van der Waals surface area contributed by atoms with Crippen LogP contribution in [0.2, 0.25) is 0 Å². The molecule has 3 heteroatoms. The maximum Gasteiger partial charge on any atom is 0.220 e. The van der Waals surface area contributed by atoms with Crippen LogP contribution in [0.25, 0.3) is 0 Å². The van der Waals surface area contributed by atoms with Gasteiger partial charge in [-0.25, -0.2) is 0 Å². The summed E-state index contributed by atoms with van der Waals surface area (Å²) < 4.78 is 0. The Morgan fingerprint density at radius 2 is 1.68 bits per heavy atom. The molecule has 19 heavy (non-hydrogen) atoms. The lowest BCUT2D eigenvalue weighted by Gasteiger charge is -2.11. The predicted octanol–water partition coefficient (Wildman–Crippen LogP) is 3.10. The Labute approximate surface area is 115 Å². The van der Waals surface area contributed by atoms with Gasteiger partial charge in [-0.15, -0.1) is 0 Å². The highest BCUT2D eigenvalue weighted by atomic mass is 16.2. The fraction of sp³-hybridized carbons (Fsp3) is 0.500. The van der Waals surface area contributed by atoms with Crippen LogP contribution in [0.5, 0.6) is 0 Å². The molecule has 0 aliphatic heterocycles. The van der Waals surface area contributed by atoms with Gasteiger partial charge in [0.2, 0.25) is 5.91 Å². The maximum atomic E-state index is 12.2. The molecule has 0 fully saturated rings. The average molecular weight is 261 g/mol. The number of rotatable bonds is 6. The molecule has 0 aromatic heterocycles. The van der Waals surface area contributed by atoms with E-state index in [-0.39, 0.29) is 18.2 Å². The van der Waals surface area contributed by atoms with Gasteiger partial charge in [-0.3, -0.25) is 9.59 Å². The third-order valence-corrected chi connectivity index (χ3v) is 3.16. The lowest BCUT2D eigenvalue weighted by Crippen LogP contribution is -2.30. The largest absolute Gasteiger partial charge is 0.349 e. The van der Waals surface area contributed by atoms with Gasteiger partial charge in [0.1, 0.15) is 0 Å². The van der Waals surface area contributed by atoms with Crippen LogP contribution in [0.15, 0.2) is 12.1 Å². The molecule has 0 heterocycles. The first kappa shape index (κ1) is 15.4. The molecule has 104 valence electrons. The molecule has 0 saturated carbocycles. The summed E-state index contributed by atoms with van der Waals surface area (Å²) in [4.78, 5) is 23.7. The average Bonchev–Trinajstić information content (AvgIpc) is 2.32. The fourth-order valence-corrected chi connectivity index (χ4v) is 2.31. The second kappa shape index (κ2) is 7.07. The summed E-state index contributed by atoms with van der Waals surface area (Å²) in [5.74, 6) is -0.0579. The minimum atomic E-state index is -0.0439. The standard InChI is InChI=1S/C16H23NO2/c1-5-6-7-15(19)17-10-14(18)16-12(3)8-11(2)9-13(16)4/h8-9H,5-7,10H2,1-4H3,(H,17,19). The lowest BCUT2D eigenvalue weighted by molar-refractivity contribution is -0.121. The molecule has 0 aliphatic rings. The van der Waals surface area contributed by atoms with E-state index in [1.54, 1.807) is 0 Å². The van der Waals surface area contributed by atoms with E-state index in [2.05, 4.69) is 5.32 Å². The first-order valence-corrected chi connectivity index (χ1v) is 6.83. The van der Waals surface area contributed by atoms with Crippen molar-refractivity contribution in [3.8, 4) is 0 Å². The first-order valence-electron chi connectivity index (χ1n) is 6.83. The van der Waals surface area contributed by atoms with Crippen LogP contribution in [0.4, 0.5) is 0 Å². The Hall–Kier alpha value is -1.64. The van der Waals surface area contributed by atoms with Crippen molar-refractivity contribution in [2.45, 2.75) is 47.0 Å². The Balaban J connectivity index is 2.67. The Morgan fingerprint density at radius 1 is 1.11 bits per heavy atom. The van der Waals surface area contributed by atoms with E-state index in [9.17, 15) is 9.59 Å². The van der Waals surface area contributed by atoms with Gasteiger partial charge in [0.15, 0.2) is 5.78 Å². The van der Waals surface area contributed by atoms with Gasteiger partial charge in [-0.2, -0.15) is 0 Å². The Kier molecular flexibility index (Phi) is 5.74. The molecular formula is C16H23NO2. The van der Waals surface area contributed by atoms with Gasteiger partial charge in [0.05, 0.1) is 6.54 Å². The van der Waals surface area contributed by atoms with E-state index >= 15 is 0 Å². The third-order valence-electron chi connectivity index (χ3n) is 3.16. The van der Waals surface area contributed by atoms with E-state index in [1.165, 1.54) is 0 Å². The van der Waals surface area contributed by atoms with Crippen LogP contribution in [0, 0.1) is 20.8 Å². The van der Waals surface area contributed by atoms with E-state index < -0.39 is 0 Å². The van der Waals surface area contributed by atoms with Crippen LogP contribution < -0.4 is 5.32 Å². The van der Waals surface area contributed by atoms with Crippen LogP contribution in [-0.2, 0) is 4.79 Å². The number of unbranched alkanes of at least 4 members (excludes halogenated alkanes) is 1. The molecule has 0 spiro atoms. The zero-order valence-corrected chi connectivity index (χ0v) is 12.3.